The van der Waals surface area contributed by atoms with Crippen LogP contribution >= 0.6 is 23.2 Å². The quantitative estimate of drug-likeness (QED) is 0.456. The molecule has 1 aliphatic heterocycles. The Kier molecular flexibility index (Phi) is 5.29. The predicted molar refractivity (Wildman–Crippen MR) is 115 cm³/mol. The number of carbonyl (C=O) groups excluding carboxylic acids is 1. The van der Waals surface area contributed by atoms with Gasteiger partial charge in [0.15, 0.2) is 0 Å². The summed E-state index contributed by atoms with van der Waals surface area (Å²) >= 11 is 12.4. The zero-order valence-corrected chi connectivity index (χ0v) is 16.9. The number of hydrogen-bond donors (Lipinski definition) is 0. The van der Waals surface area contributed by atoms with Crippen LogP contribution in [0.15, 0.2) is 60.7 Å². The molecule has 3 aromatic carbocycles. The average molecular weight is 412 g/mol. The van der Waals surface area contributed by atoms with Crippen molar-refractivity contribution in [3.05, 3.63) is 81.8 Å². The maximum atomic E-state index is 12.1. The van der Waals surface area contributed by atoms with Gasteiger partial charge in [-0.2, -0.15) is 0 Å². The van der Waals surface area contributed by atoms with Gasteiger partial charge in [-0.1, -0.05) is 47.5 Å². The number of fused-ring (bicyclic) bond motifs is 1. The van der Waals surface area contributed by atoms with Crippen LogP contribution in [0, 0.1) is 0 Å². The number of benzene rings is 3. The topological polar surface area (TPSA) is 29.5 Å². The lowest BCUT2D eigenvalue weighted by molar-refractivity contribution is 0.0526. The van der Waals surface area contributed by atoms with E-state index >= 15 is 0 Å². The smallest absolute Gasteiger partial charge is 0.338 e. The molecule has 0 spiro atoms. The molecule has 4 rings (SSSR count). The number of anilines is 2. The van der Waals surface area contributed by atoms with E-state index in [-0.39, 0.29) is 5.97 Å². The molecule has 0 radical (unpaired) electrons. The fourth-order valence-corrected chi connectivity index (χ4v) is 4.08. The number of esters is 1. The highest BCUT2D eigenvalue weighted by Gasteiger charge is 2.22. The number of hydrogen-bond acceptors (Lipinski definition) is 3. The van der Waals surface area contributed by atoms with Crippen LogP contribution in [-0.4, -0.2) is 19.1 Å². The molecule has 1 aliphatic rings. The molecule has 0 bridgehead atoms. The van der Waals surface area contributed by atoms with E-state index in [1.807, 2.05) is 30.3 Å². The molecule has 5 heteroatoms. The first-order valence-corrected chi connectivity index (χ1v) is 9.95. The van der Waals surface area contributed by atoms with Crippen molar-refractivity contribution in [3.8, 4) is 11.1 Å². The molecular formula is C23H19Cl2NO2. The van der Waals surface area contributed by atoms with Crippen LogP contribution in [-0.2, 0) is 11.2 Å². The van der Waals surface area contributed by atoms with Crippen LogP contribution in [0.1, 0.15) is 22.8 Å². The first-order valence-electron chi connectivity index (χ1n) is 9.19. The fraction of sp³-hybridized carbons (Fsp3) is 0.174. The van der Waals surface area contributed by atoms with E-state index in [1.165, 1.54) is 5.56 Å². The third kappa shape index (κ3) is 3.73. The van der Waals surface area contributed by atoms with Gasteiger partial charge in [-0.25, -0.2) is 4.79 Å². The standard InChI is InChI=1S/C23H19Cl2NO2/c1-2-28-23(27)18-5-3-4-16(10-18)17-7-6-15-8-9-26(22(15)11-17)21-13-19(24)12-20(25)14-21/h3-7,10-14H,2,8-9H2,1H3. The van der Waals surface area contributed by atoms with Crippen molar-refractivity contribution in [2.24, 2.45) is 0 Å². The van der Waals surface area contributed by atoms with Gasteiger partial charge in [0.05, 0.1) is 12.2 Å². The van der Waals surface area contributed by atoms with Crippen molar-refractivity contribution in [1.29, 1.82) is 0 Å². The molecule has 0 fully saturated rings. The van der Waals surface area contributed by atoms with Crippen molar-refractivity contribution >= 4 is 40.5 Å². The number of rotatable bonds is 4. The number of ether oxygens (including phenoxy) is 1. The number of halogens is 2. The highest BCUT2D eigenvalue weighted by Crippen LogP contribution is 2.39. The molecule has 142 valence electrons. The summed E-state index contributed by atoms with van der Waals surface area (Å²) < 4.78 is 5.12. The van der Waals surface area contributed by atoms with E-state index in [4.69, 9.17) is 27.9 Å². The lowest BCUT2D eigenvalue weighted by atomic mass is 10.0. The maximum absolute atomic E-state index is 12.1. The van der Waals surface area contributed by atoms with Crippen LogP contribution < -0.4 is 4.90 Å². The second-order valence-electron chi connectivity index (χ2n) is 6.67. The molecule has 0 aromatic heterocycles. The van der Waals surface area contributed by atoms with Gasteiger partial charge >= 0.3 is 5.97 Å². The van der Waals surface area contributed by atoms with Crippen LogP contribution in [0.5, 0.6) is 0 Å². The molecule has 0 saturated carbocycles. The summed E-state index contributed by atoms with van der Waals surface area (Å²) in [5, 5.41) is 1.24. The Hall–Kier alpha value is -2.49. The van der Waals surface area contributed by atoms with E-state index in [0.29, 0.717) is 22.2 Å². The molecular weight excluding hydrogens is 393 g/mol. The zero-order chi connectivity index (χ0) is 19.7. The lowest BCUT2D eigenvalue weighted by Crippen LogP contribution is -2.13. The molecule has 1 heterocycles. The highest BCUT2D eigenvalue weighted by atomic mass is 35.5. The Morgan fingerprint density at radius 3 is 2.50 bits per heavy atom. The fourth-order valence-electron chi connectivity index (χ4n) is 3.56. The minimum absolute atomic E-state index is 0.305. The van der Waals surface area contributed by atoms with E-state index in [1.54, 1.807) is 19.1 Å². The molecule has 0 amide bonds. The van der Waals surface area contributed by atoms with Crippen molar-refractivity contribution < 1.29 is 9.53 Å². The van der Waals surface area contributed by atoms with Crippen molar-refractivity contribution in [1.82, 2.24) is 0 Å². The summed E-state index contributed by atoms with van der Waals surface area (Å²) in [5.74, 6) is -0.305. The summed E-state index contributed by atoms with van der Waals surface area (Å²) in [7, 11) is 0. The maximum Gasteiger partial charge on any atom is 0.338 e. The van der Waals surface area contributed by atoms with Crippen molar-refractivity contribution in [3.63, 3.8) is 0 Å². The monoisotopic (exact) mass is 411 g/mol. The van der Waals surface area contributed by atoms with E-state index < -0.39 is 0 Å². The van der Waals surface area contributed by atoms with Gasteiger partial charge in [0.25, 0.3) is 0 Å². The summed E-state index contributed by atoms with van der Waals surface area (Å²) in [6, 6.07) is 19.5. The third-order valence-corrected chi connectivity index (χ3v) is 5.28. The summed E-state index contributed by atoms with van der Waals surface area (Å²) in [6.07, 6.45) is 0.961. The van der Waals surface area contributed by atoms with E-state index in [2.05, 4.69) is 23.1 Å². The van der Waals surface area contributed by atoms with Crippen LogP contribution in [0.4, 0.5) is 11.4 Å². The van der Waals surface area contributed by atoms with E-state index in [9.17, 15) is 4.79 Å². The molecule has 3 nitrogen and oxygen atoms in total. The Morgan fingerprint density at radius 1 is 1.00 bits per heavy atom. The van der Waals surface area contributed by atoms with Gasteiger partial charge in [-0.3, -0.25) is 0 Å². The van der Waals surface area contributed by atoms with Crippen LogP contribution in [0.3, 0.4) is 0 Å². The molecule has 0 N–H and O–H groups in total. The van der Waals surface area contributed by atoms with Gasteiger partial charge in [-0.05, 0) is 66.4 Å². The van der Waals surface area contributed by atoms with Crippen molar-refractivity contribution in [2.75, 3.05) is 18.1 Å². The summed E-state index contributed by atoms with van der Waals surface area (Å²) in [4.78, 5) is 14.3. The molecule has 0 unspecified atom stereocenters. The minimum Gasteiger partial charge on any atom is -0.462 e. The summed E-state index contributed by atoms with van der Waals surface area (Å²) in [5.41, 5.74) is 5.97. The normalized spacial score (nSPS) is 12.8. The number of nitrogens with zero attached hydrogens (tertiary/aromatic N) is 1. The SMILES string of the molecule is CCOC(=O)c1cccc(-c2ccc3c(c2)N(c2cc(Cl)cc(Cl)c2)CC3)c1. The molecule has 0 saturated heterocycles. The average Bonchev–Trinajstić information content (AvgIpc) is 3.11. The van der Waals surface area contributed by atoms with Crippen molar-refractivity contribution in [2.45, 2.75) is 13.3 Å². The Balaban J connectivity index is 1.71. The molecule has 3 aromatic rings. The number of carbonyl (C=O) groups is 1. The van der Waals surface area contributed by atoms with Crippen LogP contribution in [0.2, 0.25) is 10.0 Å². The van der Waals surface area contributed by atoms with Gasteiger partial charge in [0.2, 0.25) is 0 Å². The minimum atomic E-state index is -0.305. The highest BCUT2D eigenvalue weighted by molar-refractivity contribution is 6.35. The zero-order valence-electron chi connectivity index (χ0n) is 15.4. The van der Waals surface area contributed by atoms with Gasteiger partial charge in [-0.15, -0.1) is 0 Å². The largest absolute Gasteiger partial charge is 0.462 e. The lowest BCUT2D eigenvalue weighted by Gasteiger charge is -2.21. The third-order valence-electron chi connectivity index (χ3n) is 4.85. The molecule has 28 heavy (non-hydrogen) atoms. The predicted octanol–water partition coefficient (Wildman–Crippen LogP) is 6.53. The van der Waals surface area contributed by atoms with Gasteiger partial charge in [0, 0.05) is 28.0 Å². The summed E-state index contributed by atoms with van der Waals surface area (Å²) in [6.45, 7) is 3.04. The molecule has 0 aliphatic carbocycles. The Morgan fingerprint density at radius 2 is 1.75 bits per heavy atom. The van der Waals surface area contributed by atoms with E-state index in [0.717, 1.165) is 35.5 Å². The Labute approximate surface area is 174 Å². The van der Waals surface area contributed by atoms with Gasteiger partial charge < -0.3 is 9.64 Å². The van der Waals surface area contributed by atoms with Gasteiger partial charge in [0.1, 0.15) is 0 Å². The second-order valence-corrected chi connectivity index (χ2v) is 7.55. The molecule has 0 atom stereocenters. The Bertz CT molecular complexity index is 1030. The first kappa shape index (κ1) is 18.9. The first-order chi connectivity index (χ1) is 13.5. The second kappa shape index (κ2) is 7.86. The van der Waals surface area contributed by atoms with Crippen LogP contribution in [0.25, 0.3) is 11.1 Å².